The van der Waals surface area contributed by atoms with E-state index < -0.39 is 0 Å². The number of rotatable bonds is 4. The zero-order valence-electron chi connectivity index (χ0n) is 12.7. The van der Waals surface area contributed by atoms with Crippen LogP contribution in [0.15, 0.2) is 33.2 Å². The van der Waals surface area contributed by atoms with Crippen LogP contribution in [0, 0.1) is 0 Å². The van der Waals surface area contributed by atoms with E-state index in [9.17, 15) is 0 Å². The summed E-state index contributed by atoms with van der Waals surface area (Å²) in [5.74, 6) is 2.80. The average Bonchev–Trinajstić information content (AvgIpc) is 2.97. The highest BCUT2D eigenvalue weighted by Crippen LogP contribution is 2.46. The first kappa shape index (κ1) is 16.1. The second-order valence-electron chi connectivity index (χ2n) is 4.75. The molecule has 0 aliphatic heterocycles. The van der Waals surface area contributed by atoms with Crippen LogP contribution in [0.4, 0.5) is 0 Å². The Kier molecular flexibility index (Phi) is 4.50. The van der Waals surface area contributed by atoms with Gasteiger partial charge in [-0.1, -0.05) is 0 Å². The largest absolute Gasteiger partial charge is 0.497 e. The molecule has 1 aromatic heterocycles. The van der Waals surface area contributed by atoms with Crippen LogP contribution in [0.25, 0.3) is 22.4 Å². The maximum absolute atomic E-state index is 5.54. The number of fused-ring (bicyclic) bond motifs is 1. The van der Waals surface area contributed by atoms with E-state index in [2.05, 4.69) is 41.8 Å². The minimum Gasteiger partial charge on any atom is -0.497 e. The van der Waals surface area contributed by atoms with E-state index in [1.165, 1.54) is 0 Å². The lowest BCUT2D eigenvalue weighted by atomic mass is 10.2. The van der Waals surface area contributed by atoms with E-state index >= 15 is 0 Å². The first-order chi connectivity index (χ1) is 11.1. The van der Waals surface area contributed by atoms with Crippen LogP contribution < -0.4 is 14.2 Å². The van der Waals surface area contributed by atoms with Crippen molar-refractivity contribution in [3.8, 4) is 28.6 Å². The molecule has 7 heteroatoms. The SMILES string of the molecule is COc1ccc2nc(-c3cc(Br)c(OC)c(Br)c3OC)[nH]c2c1. The van der Waals surface area contributed by atoms with Gasteiger partial charge in [-0.25, -0.2) is 4.98 Å². The van der Waals surface area contributed by atoms with Crippen molar-refractivity contribution in [2.75, 3.05) is 21.3 Å². The summed E-state index contributed by atoms with van der Waals surface area (Å²) < 4.78 is 17.7. The first-order valence-corrected chi connectivity index (χ1v) is 8.31. The molecule has 23 heavy (non-hydrogen) atoms. The normalized spacial score (nSPS) is 10.8. The lowest BCUT2D eigenvalue weighted by molar-refractivity contribution is 0.388. The third-order valence-corrected chi connectivity index (χ3v) is 4.79. The van der Waals surface area contributed by atoms with Gasteiger partial charge in [0, 0.05) is 6.07 Å². The van der Waals surface area contributed by atoms with E-state index in [1.54, 1.807) is 21.3 Å². The highest BCUT2D eigenvalue weighted by Gasteiger charge is 2.20. The molecular weight excluding hydrogens is 428 g/mol. The monoisotopic (exact) mass is 440 g/mol. The van der Waals surface area contributed by atoms with Crippen molar-refractivity contribution >= 4 is 42.9 Å². The minimum atomic E-state index is 0.649. The molecule has 1 heterocycles. The number of aromatic amines is 1. The quantitative estimate of drug-likeness (QED) is 0.632. The number of nitrogens with zero attached hydrogens (tertiary/aromatic N) is 1. The summed E-state index contributed by atoms with van der Waals surface area (Å²) in [6, 6.07) is 7.61. The molecule has 0 amide bonds. The number of nitrogens with one attached hydrogen (secondary N) is 1. The van der Waals surface area contributed by atoms with Crippen molar-refractivity contribution in [1.29, 1.82) is 0 Å². The van der Waals surface area contributed by atoms with Crippen LogP contribution >= 0.6 is 31.9 Å². The molecule has 0 spiro atoms. The third-order valence-electron chi connectivity index (χ3n) is 3.48. The number of ether oxygens (including phenoxy) is 3. The Labute approximate surface area is 150 Å². The molecule has 3 rings (SSSR count). The van der Waals surface area contributed by atoms with Crippen molar-refractivity contribution in [2.24, 2.45) is 0 Å². The van der Waals surface area contributed by atoms with Gasteiger partial charge in [-0.15, -0.1) is 0 Å². The molecule has 120 valence electrons. The van der Waals surface area contributed by atoms with E-state index in [-0.39, 0.29) is 0 Å². The van der Waals surface area contributed by atoms with E-state index in [0.29, 0.717) is 17.3 Å². The number of hydrogen-bond donors (Lipinski definition) is 1. The molecular formula is C16H14Br2N2O3. The smallest absolute Gasteiger partial charge is 0.151 e. The molecule has 0 unspecified atom stereocenters. The molecule has 5 nitrogen and oxygen atoms in total. The number of imidazole rings is 1. The number of halogens is 2. The highest BCUT2D eigenvalue weighted by molar-refractivity contribution is 9.11. The van der Waals surface area contributed by atoms with Crippen LogP contribution in [0.1, 0.15) is 0 Å². The molecule has 0 radical (unpaired) electrons. The minimum absolute atomic E-state index is 0.649. The molecule has 2 aromatic carbocycles. The second kappa shape index (κ2) is 6.41. The van der Waals surface area contributed by atoms with Gasteiger partial charge in [-0.05, 0) is 50.1 Å². The number of H-pyrrole nitrogens is 1. The van der Waals surface area contributed by atoms with Gasteiger partial charge >= 0.3 is 0 Å². The molecule has 0 saturated heterocycles. The molecule has 0 fully saturated rings. The summed E-state index contributed by atoms with van der Waals surface area (Å²) in [7, 11) is 4.86. The van der Waals surface area contributed by atoms with Crippen LogP contribution in [-0.4, -0.2) is 31.3 Å². The fraction of sp³-hybridized carbons (Fsp3) is 0.188. The number of methoxy groups -OCH3 is 3. The van der Waals surface area contributed by atoms with Crippen LogP contribution in [-0.2, 0) is 0 Å². The molecule has 0 bridgehead atoms. The van der Waals surface area contributed by atoms with Gasteiger partial charge in [-0.2, -0.15) is 0 Å². The Balaban J connectivity index is 2.21. The van der Waals surface area contributed by atoms with Gasteiger partial charge in [0.15, 0.2) is 5.75 Å². The van der Waals surface area contributed by atoms with E-state index in [1.807, 2.05) is 24.3 Å². The maximum Gasteiger partial charge on any atom is 0.151 e. The van der Waals surface area contributed by atoms with Gasteiger partial charge in [-0.3, -0.25) is 0 Å². The fourth-order valence-electron chi connectivity index (χ4n) is 2.39. The Hall–Kier alpha value is -1.73. The zero-order valence-corrected chi connectivity index (χ0v) is 15.9. The second-order valence-corrected chi connectivity index (χ2v) is 6.40. The Bertz CT molecular complexity index is 877. The van der Waals surface area contributed by atoms with Gasteiger partial charge < -0.3 is 19.2 Å². The predicted octanol–water partition coefficient (Wildman–Crippen LogP) is 4.78. The number of hydrogen-bond acceptors (Lipinski definition) is 4. The highest BCUT2D eigenvalue weighted by atomic mass is 79.9. The van der Waals surface area contributed by atoms with Crippen molar-refractivity contribution in [3.63, 3.8) is 0 Å². The summed E-state index contributed by atoms with van der Waals surface area (Å²) in [5, 5.41) is 0. The summed E-state index contributed by atoms with van der Waals surface area (Å²) in [4.78, 5) is 7.93. The lowest BCUT2D eigenvalue weighted by Gasteiger charge is -2.13. The van der Waals surface area contributed by atoms with Crippen LogP contribution in [0.2, 0.25) is 0 Å². The van der Waals surface area contributed by atoms with Gasteiger partial charge in [0.2, 0.25) is 0 Å². The first-order valence-electron chi connectivity index (χ1n) is 6.73. The van der Waals surface area contributed by atoms with Gasteiger partial charge in [0.25, 0.3) is 0 Å². The molecule has 0 aliphatic rings. The molecule has 1 N–H and O–H groups in total. The third kappa shape index (κ3) is 2.79. The summed E-state index contributed by atoms with van der Waals surface area (Å²) in [5.41, 5.74) is 2.57. The lowest BCUT2D eigenvalue weighted by Crippen LogP contribution is -1.95. The predicted molar refractivity (Wildman–Crippen MR) is 96.6 cm³/mol. The van der Waals surface area contributed by atoms with E-state index in [4.69, 9.17) is 14.2 Å². The average molecular weight is 442 g/mol. The van der Waals surface area contributed by atoms with Crippen molar-refractivity contribution < 1.29 is 14.2 Å². The number of aromatic nitrogens is 2. The number of benzene rings is 2. The summed E-state index contributed by atoms with van der Waals surface area (Å²) in [6.07, 6.45) is 0. The van der Waals surface area contributed by atoms with Gasteiger partial charge in [0.05, 0.1) is 42.4 Å². The van der Waals surface area contributed by atoms with Crippen molar-refractivity contribution in [1.82, 2.24) is 9.97 Å². The summed E-state index contributed by atoms with van der Waals surface area (Å²) in [6.45, 7) is 0. The van der Waals surface area contributed by atoms with E-state index in [0.717, 1.165) is 31.3 Å². The fourth-order valence-corrected chi connectivity index (χ4v) is 4.00. The maximum atomic E-state index is 5.54. The molecule has 3 aromatic rings. The Morgan fingerprint density at radius 2 is 1.70 bits per heavy atom. The van der Waals surface area contributed by atoms with Gasteiger partial charge in [0.1, 0.15) is 21.8 Å². The zero-order chi connectivity index (χ0) is 16.6. The summed E-state index contributed by atoms with van der Waals surface area (Å²) >= 11 is 7.04. The molecule has 0 aliphatic carbocycles. The van der Waals surface area contributed by atoms with Crippen LogP contribution in [0.3, 0.4) is 0 Å². The molecule has 0 saturated carbocycles. The molecule has 0 atom stereocenters. The standard InChI is InChI=1S/C16H14Br2N2O3/c1-21-8-4-5-11-12(6-8)20-16(19-11)9-7-10(17)15(23-3)13(18)14(9)22-2/h4-7H,1-3H3,(H,19,20). The Morgan fingerprint density at radius 1 is 0.957 bits per heavy atom. The van der Waals surface area contributed by atoms with Crippen molar-refractivity contribution in [3.05, 3.63) is 33.2 Å². The topological polar surface area (TPSA) is 56.4 Å². The van der Waals surface area contributed by atoms with Crippen LogP contribution in [0.5, 0.6) is 17.2 Å². The Morgan fingerprint density at radius 3 is 2.35 bits per heavy atom. The van der Waals surface area contributed by atoms with Crippen molar-refractivity contribution in [2.45, 2.75) is 0 Å².